The number of hydrogen-bond acceptors (Lipinski definition) is 6. The smallest absolute Gasteiger partial charge is 0.312 e. The third-order valence-electron chi connectivity index (χ3n) is 2.86. The normalized spacial score (nSPS) is 10.6. The molecule has 130 valence electrons. The third kappa shape index (κ3) is 5.33. The first-order valence-corrected chi connectivity index (χ1v) is 7.49. The summed E-state index contributed by atoms with van der Waals surface area (Å²) in [5.74, 6) is -0.723. The van der Waals surface area contributed by atoms with Gasteiger partial charge in [0, 0.05) is 21.7 Å². The minimum atomic E-state index is -0.781. The standard InChI is InChI=1S/C15H11Cl2N3O5/c16-10-1-3-12(4-2-10)25-8-14(21)19-18-7-9-5-11(17)6-13(15(9)22)20(23)24/h1-7,22H,8H2,(H,19,21)/b18-7-. The van der Waals surface area contributed by atoms with Crippen LogP contribution in [0.5, 0.6) is 11.5 Å². The van der Waals surface area contributed by atoms with E-state index in [-0.39, 0.29) is 17.2 Å². The van der Waals surface area contributed by atoms with E-state index in [9.17, 15) is 20.0 Å². The number of rotatable bonds is 6. The zero-order chi connectivity index (χ0) is 18.4. The molecule has 0 saturated heterocycles. The minimum Gasteiger partial charge on any atom is -0.502 e. The van der Waals surface area contributed by atoms with Crippen molar-refractivity contribution in [3.05, 3.63) is 62.1 Å². The molecule has 0 unspecified atom stereocenters. The van der Waals surface area contributed by atoms with Crippen LogP contribution < -0.4 is 10.2 Å². The van der Waals surface area contributed by atoms with Gasteiger partial charge in [-0.1, -0.05) is 23.2 Å². The Kier molecular flexibility index (Phi) is 6.15. The third-order valence-corrected chi connectivity index (χ3v) is 3.33. The van der Waals surface area contributed by atoms with E-state index in [0.29, 0.717) is 10.8 Å². The lowest BCUT2D eigenvalue weighted by Crippen LogP contribution is -2.24. The van der Waals surface area contributed by atoms with E-state index >= 15 is 0 Å². The van der Waals surface area contributed by atoms with Gasteiger partial charge in [-0.2, -0.15) is 5.10 Å². The number of nitrogens with zero attached hydrogens (tertiary/aromatic N) is 2. The van der Waals surface area contributed by atoms with Crippen LogP contribution in [-0.2, 0) is 4.79 Å². The molecule has 0 atom stereocenters. The molecule has 10 heteroatoms. The molecule has 0 aromatic heterocycles. The highest BCUT2D eigenvalue weighted by atomic mass is 35.5. The summed E-state index contributed by atoms with van der Waals surface area (Å²) in [6.07, 6.45) is 1.04. The van der Waals surface area contributed by atoms with Crippen LogP contribution >= 0.6 is 23.2 Å². The van der Waals surface area contributed by atoms with E-state index in [2.05, 4.69) is 10.5 Å². The van der Waals surface area contributed by atoms with Crippen LogP contribution in [0.1, 0.15) is 5.56 Å². The lowest BCUT2D eigenvalue weighted by molar-refractivity contribution is -0.385. The van der Waals surface area contributed by atoms with Gasteiger partial charge in [-0.25, -0.2) is 5.43 Å². The summed E-state index contributed by atoms with van der Waals surface area (Å²) in [4.78, 5) is 21.6. The molecule has 0 bridgehead atoms. The number of nitrogens with one attached hydrogen (secondary N) is 1. The van der Waals surface area contributed by atoms with Crippen molar-refractivity contribution in [2.45, 2.75) is 0 Å². The van der Waals surface area contributed by atoms with E-state index in [4.69, 9.17) is 27.9 Å². The summed E-state index contributed by atoms with van der Waals surface area (Å²) >= 11 is 11.5. The van der Waals surface area contributed by atoms with Crippen molar-refractivity contribution in [1.82, 2.24) is 5.43 Å². The fourth-order valence-corrected chi connectivity index (χ4v) is 2.08. The molecule has 1 amide bonds. The Morgan fingerprint density at radius 3 is 2.60 bits per heavy atom. The van der Waals surface area contributed by atoms with Gasteiger partial charge in [-0.05, 0) is 30.3 Å². The molecule has 8 nitrogen and oxygen atoms in total. The number of phenols is 1. The van der Waals surface area contributed by atoms with Gasteiger partial charge in [0.05, 0.1) is 11.1 Å². The fourth-order valence-electron chi connectivity index (χ4n) is 1.73. The largest absolute Gasteiger partial charge is 0.502 e. The van der Waals surface area contributed by atoms with Gasteiger partial charge in [-0.3, -0.25) is 14.9 Å². The minimum absolute atomic E-state index is 0.0156. The molecular weight excluding hydrogens is 373 g/mol. The molecule has 0 aliphatic heterocycles. The predicted molar refractivity (Wildman–Crippen MR) is 92.5 cm³/mol. The molecule has 0 heterocycles. The molecule has 0 aliphatic carbocycles. The van der Waals surface area contributed by atoms with E-state index in [1.54, 1.807) is 24.3 Å². The van der Waals surface area contributed by atoms with Gasteiger partial charge >= 0.3 is 5.69 Å². The van der Waals surface area contributed by atoms with Crippen LogP contribution in [-0.4, -0.2) is 28.8 Å². The van der Waals surface area contributed by atoms with Crippen LogP contribution in [0.4, 0.5) is 5.69 Å². The molecule has 2 rings (SSSR count). The quantitative estimate of drug-likeness (QED) is 0.451. The van der Waals surface area contributed by atoms with Crippen LogP contribution in [0.2, 0.25) is 10.0 Å². The maximum Gasteiger partial charge on any atom is 0.312 e. The highest BCUT2D eigenvalue weighted by Crippen LogP contribution is 2.32. The molecular formula is C15H11Cl2N3O5. The van der Waals surface area contributed by atoms with Crippen molar-refractivity contribution in [2.75, 3.05) is 6.61 Å². The van der Waals surface area contributed by atoms with Crippen LogP contribution in [0.25, 0.3) is 0 Å². The average molecular weight is 384 g/mol. The molecule has 2 N–H and O–H groups in total. The molecule has 0 fully saturated rings. The Labute approximate surface area is 151 Å². The second-order valence-electron chi connectivity index (χ2n) is 4.66. The van der Waals surface area contributed by atoms with Crippen LogP contribution in [0.3, 0.4) is 0 Å². The number of carbonyl (C=O) groups excluding carboxylic acids is 1. The molecule has 0 saturated carbocycles. The number of hydrogen-bond donors (Lipinski definition) is 2. The van der Waals surface area contributed by atoms with Crippen molar-refractivity contribution in [2.24, 2.45) is 5.10 Å². The number of halogens is 2. The Hall–Kier alpha value is -2.84. The first-order chi connectivity index (χ1) is 11.9. The fraction of sp³-hybridized carbons (Fsp3) is 0.0667. The van der Waals surface area contributed by atoms with Crippen molar-refractivity contribution in [3.63, 3.8) is 0 Å². The van der Waals surface area contributed by atoms with Gasteiger partial charge in [0.1, 0.15) is 5.75 Å². The summed E-state index contributed by atoms with van der Waals surface area (Å²) in [7, 11) is 0. The van der Waals surface area contributed by atoms with Crippen molar-refractivity contribution < 1.29 is 19.6 Å². The topological polar surface area (TPSA) is 114 Å². The van der Waals surface area contributed by atoms with Gasteiger partial charge in [0.15, 0.2) is 6.61 Å². The van der Waals surface area contributed by atoms with Gasteiger partial charge in [-0.15, -0.1) is 0 Å². The lowest BCUT2D eigenvalue weighted by Gasteiger charge is -2.05. The van der Waals surface area contributed by atoms with Crippen molar-refractivity contribution in [3.8, 4) is 11.5 Å². The van der Waals surface area contributed by atoms with E-state index in [0.717, 1.165) is 12.3 Å². The molecule has 0 spiro atoms. The Bertz CT molecular complexity index is 825. The highest BCUT2D eigenvalue weighted by Gasteiger charge is 2.17. The Morgan fingerprint density at radius 1 is 1.28 bits per heavy atom. The van der Waals surface area contributed by atoms with E-state index < -0.39 is 22.3 Å². The number of carbonyl (C=O) groups is 1. The number of ether oxygens (including phenoxy) is 1. The molecule has 0 aliphatic rings. The number of hydrazone groups is 1. The van der Waals surface area contributed by atoms with E-state index in [1.165, 1.54) is 6.07 Å². The predicted octanol–water partition coefficient (Wildman–Crippen LogP) is 3.14. The van der Waals surface area contributed by atoms with Gasteiger partial charge < -0.3 is 9.84 Å². The summed E-state index contributed by atoms with van der Waals surface area (Å²) in [5.41, 5.74) is 1.58. The summed E-state index contributed by atoms with van der Waals surface area (Å²) in [5, 5.41) is 24.8. The van der Waals surface area contributed by atoms with Crippen molar-refractivity contribution in [1.29, 1.82) is 0 Å². The zero-order valence-electron chi connectivity index (χ0n) is 12.5. The number of aromatic hydroxyl groups is 1. The first-order valence-electron chi connectivity index (χ1n) is 6.74. The summed E-state index contributed by atoms with van der Waals surface area (Å²) < 4.78 is 5.21. The second kappa shape index (κ2) is 8.32. The van der Waals surface area contributed by atoms with Crippen LogP contribution in [0, 0.1) is 10.1 Å². The van der Waals surface area contributed by atoms with Crippen LogP contribution in [0.15, 0.2) is 41.5 Å². The zero-order valence-corrected chi connectivity index (χ0v) is 14.0. The maximum atomic E-state index is 11.6. The first kappa shape index (κ1) is 18.5. The molecule has 0 radical (unpaired) electrons. The van der Waals surface area contributed by atoms with Gasteiger partial charge in [0.25, 0.3) is 5.91 Å². The maximum absolute atomic E-state index is 11.6. The van der Waals surface area contributed by atoms with Crippen molar-refractivity contribution >= 4 is 41.0 Å². The second-order valence-corrected chi connectivity index (χ2v) is 5.53. The molecule has 25 heavy (non-hydrogen) atoms. The molecule has 2 aromatic rings. The Balaban J connectivity index is 1.95. The number of amides is 1. The molecule has 2 aromatic carbocycles. The summed E-state index contributed by atoms with van der Waals surface area (Å²) in [6.45, 7) is -0.305. The average Bonchev–Trinajstić information content (AvgIpc) is 2.57. The monoisotopic (exact) mass is 383 g/mol. The SMILES string of the molecule is O=C(COc1ccc(Cl)cc1)N/N=C\c1cc(Cl)cc([N+](=O)[O-])c1O. The van der Waals surface area contributed by atoms with Gasteiger partial charge in [0.2, 0.25) is 5.75 Å². The highest BCUT2D eigenvalue weighted by molar-refractivity contribution is 6.31. The lowest BCUT2D eigenvalue weighted by atomic mass is 10.2. The summed E-state index contributed by atoms with van der Waals surface area (Å²) in [6, 6.07) is 8.70. The number of nitro groups is 1. The number of benzene rings is 2. The number of phenolic OH excluding ortho intramolecular Hbond substituents is 1. The van der Waals surface area contributed by atoms with E-state index in [1.807, 2.05) is 0 Å². The number of nitro benzene ring substituents is 1. The Morgan fingerprint density at radius 2 is 1.96 bits per heavy atom.